The van der Waals surface area contributed by atoms with Crippen molar-refractivity contribution >= 4 is 5.97 Å². The Labute approximate surface area is 130 Å². The highest BCUT2D eigenvalue weighted by Crippen LogP contribution is 2.28. The average Bonchev–Trinajstić information content (AvgIpc) is 2.46. The van der Waals surface area contributed by atoms with E-state index in [-0.39, 0.29) is 18.1 Å². The maximum absolute atomic E-state index is 11.9. The molecule has 0 saturated heterocycles. The van der Waals surface area contributed by atoms with E-state index in [4.69, 9.17) is 9.47 Å². The second-order valence-corrected chi connectivity index (χ2v) is 6.35. The molecule has 0 heterocycles. The topological polar surface area (TPSA) is 47.6 Å². The lowest BCUT2D eigenvalue weighted by atomic mass is 9.85. The third-order valence-electron chi connectivity index (χ3n) is 4.18. The van der Waals surface area contributed by atoms with E-state index in [9.17, 15) is 4.79 Å². The SMILES string of the molecule is CCOC(=O)C(CCOC1CCCC(CC)C1)NC(C)C. The van der Waals surface area contributed by atoms with E-state index in [1.165, 1.54) is 25.7 Å². The fraction of sp³-hybridized carbons (Fsp3) is 0.941. The van der Waals surface area contributed by atoms with Gasteiger partial charge in [0.05, 0.1) is 12.7 Å². The van der Waals surface area contributed by atoms with Crippen LogP contribution in [0.4, 0.5) is 0 Å². The molecule has 0 aromatic carbocycles. The van der Waals surface area contributed by atoms with Crippen LogP contribution in [0.5, 0.6) is 0 Å². The van der Waals surface area contributed by atoms with Crippen LogP contribution in [0.1, 0.15) is 66.2 Å². The van der Waals surface area contributed by atoms with Crippen LogP contribution in [0.25, 0.3) is 0 Å². The highest BCUT2D eigenvalue weighted by molar-refractivity contribution is 5.75. The molecule has 1 rings (SSSR count). The first-order chi connectivity index (χ1) is 10.1. The fourth-order valence-corrected chi connectivity index (χ4v) is 3.03. The summed E-state index contributed by atoms with van der Waals surface area (Å²) in [5.74, 6) is 0.656. The van der Waals surface area contributed by atoms with Gasteiger partial charge >= 0.3 is 5.97 Å². The maximum Gasteiger partial charge on any atom is 0.323 e. The van der Waals surface area contributed by atoms with Crippen LogP contribution in [0, 0.1) is 5.92 Å². The molecule has 124 valence electrons. The first kappa shape index (κ1) is 18.4. The lowest BCUT2D eigenvalue weighted by molar-refractivity contribution is -0.146. The van der Waals surface area contributed by atoms with E-state index in [0.29, 0.717) is 25.7 Å². The second kappa shape index (κ2) is 10.2. The average molecular weight is 299 g/mol. The predicted octanol–water partition coefficient (Wildman–Crippen LogP) is 3.29. The molecule has 1 aliphatic rings. The quantitative estimate of drug-likeness (QED) is 0.664. The van der Waals surface area contributed by atoms with Crippen molar-refractivity contribution in [2.45, 2.75) is 84.4 Å². The van der Waals surface area contributed by atoms with Crippen LogP contribution in [-0.4, -0.2) is 37.4 Å². The zero-order valence-corrected chi connectivity index (χ0v) is 14.2. The minimum Gasteiger partial charge on any atom is -0.465 e. The summed E-state index contributed by atoms with van der Waals surface area (Å²) in [5.41, 5.74) is 0. The number of rotatable bonds is 9. The number of esters is 1. The smallest absolute Gasteiger partial charge is 0.323 e. The molecule has 1 aliphatic carbocycles. The van der Waals surface area contributed by atoms with Crippen molar-refractivity contribution in [1.82, 2.24) is 5.32 Å². The van der Waals surface area contributed by atoms with Crippen LogP contribution in [0.15, 0.2) is 0 Å². The number of carbonyl (C=O) groups excluding carboxylic acids is 1. The summed E-state index contributed by atoms with van der Waals surface area (Å²) in [7, 11) is 0. The Hall–Kier alpha value is -0.610. The molecule has 0 aromatic rings. The Morgan fingerprint density at radius 1 is 1.29 bits per heavy atom. The predicted molar refractivity (Wildman–Crippen MR) is 85.3 cm³/mol. The highest BCUT2D eigenvalue weighted by Gasteiger charge is 2.23. The number of ether oxygens (including phenoxy) is 2. The van der Waals surface area contributed by atoms with Gasteiger partial charge in [0.2, 0.25) is 0 Å². The van der Waals surface area contributed by atoms with E-state index in [0.717, 1.165) is 12.3 Å². The summed E-state index contributed by atoms with van der Waals surface area (Å²) in [5, 5.41) is 3.27. The largest absolute Gasteiger partial charge is 0.465 e. The van der Waals surface area contributed by atoms with Gasteiger partial charge in [0.15, 0.2) is 0 Å². The molecule has 0 aliphatic heterocycles. The van der Waals surface area contributed by atoms with E-state index in [1.54, 1.807) is 0 Å². The number of nitrogens with one attached hydrogen (secondary N) is 1. The molecule has 3 unspecified atom stereocenters. The lowest BCUT2D eigenvalue weighted by Gasteiger charge is -2.29. The van der Waals surface area contributed by atoms with Gasteiger partial charge in [-0.25, -0.2) is 0 Å². The normalized spacial score (nSPS) is 24.0. The van der Waals surface area contributed by atoms with Crippen molar-refractivity contribution in [2.75, 3.05) is 13.2 Å². The molecule has 1 fully saturated rings. The van der Waals surface area contributed by atoms with Gasteiger partial charge in [0, 0.05) is 12.6 Å². The second-order valence-electron chi connectivity index (χ2n) is 6.35. The molecule has 0 bridgehead atoms. The molecular formula is C17H33NO3. The third-order valence-corrected chi connectivity index (χ3v) is 4.18. The Morgan fingerprint density at radius 3 is 2.67 bits per heavy atom. The van der Waals surface area contributed by atoms with Crippen molar-refractivity contribution in [2.24, 2.45) is 5.92 Å². The van der Waals surface area contributed by atoms with E-state index < -0.39 is 0 Å². The van der Waals surface area contributed by atoms with Gasteiger partial charge in [-0.05, 0) is 32.1 Å². The van der Waals surface area contributed by atoms with Crippen LogP contribution in [0.2, 0.25) is 0 Å². The summed E-state index contributed by atoms with van der Waals surface area (Å²) in [6.07, 6.45) is 7.28. The van der Waals surface area contributed by atoms with Gasteiger partial charge in [0.25, 0.3) is 0 Å². The Bertz CT molecular complexity index is 294. The van der Waals surface area contributed by atoms with E-state index >= 15 is 0 Å². The molecule has 4 nitrogen and oxygen atoms in total. The zero-order chi connectivity index (χ0) is 15.7. The molecule has 4 heteroatoms. The minimum atomic E-state index is -0.254. The Kier molecular flexibility index (Phi) is 8.93. The van der Waals surface area contributed by atoms with E-state index in [2.05, 4.69) is 12.2 Å². The number of hydrogen-bond acceptors (Lipinski definition) is 4. The molecule has 0 radical (unpaired) electrons. The van der Waals surface area contributed by atoms with Crippen LogP contribution in [0.3, 0.4) is 0 Å². The van der Waals surface area contributed by atoms with E-state index in [1.807, 2.05) is 20.8 Å². The van der Waals surface area contributed by atoms with Gasteiger partial charge in [-0.15, -0.1) is 0 Å². The van der Waals surface area contributed by atoms with Gasteiger partial charge in [-0.1, -0.05) is 40.0 Å². The fourth-order valence-electron chi connectivity index (χ4n) is 3.03. The molecular weight excluding hydrogens is 266 g/mol. The van der Waals surface area contributed by atoms with Gasteiger partial charge < -0.3 is 14.8 Å². The molecule has 0 spiro atoms. The van der Waals surface area contributed by atoms with Gasteiger partial charge in [-0.3, -0.25) is 4.79 Å². The molecule has 3 atom stereocenters. The van der Waals surface area contributed by atoms with Gasteiger partial charge in [0.1, 0.15) is 6.04 Å². The van der Waals surface area contributed by atoms with Crippen molar-refractivity contribution in [3.05, 3.63) is 0 Å². The maximum atomic E-state index is 11.9. The molecule has 0 amide bonds. The molecule has 0 aromatic heterocycles. The van der Waals surface area contributed by atoms with Crippen LogP contribution in [-0.2, 0) is 14.3 Å². The van der Waals surface area contributed by atoms with Crippen molar-refractivity contribution in [1.29, 1.82) is 0 Å². The molecule has 21 heavy (non-hydrogen) atoms. The third kappa shape index (κ3) is 7.28. The minimum absolute atomic E-state index is 0.162. The summed E-state index contributed by atoms with van der Waals surface area (Å²) >= 11 is 0. The van der Waals surface area contributed by atoms with Crippen LogP contribution < -0.4 is 5.32 Å². The van der Waals surface area contributed by atoms with Crippen molar-refractivity contribution < 1.29 is 14.3 Å². The van der Waals surface area contributed by atoms with Crippen LogP contribution >= 0.6 is 0 Å². The first-order valence-corrected chi connectivity index (χ1v) is 8.61. The van der Waals surface area contributed by atoms with Gasteiger partial charge in [-0.2, -0.15) is 0 Å². The Balaban J connectivity index is 2.33. The highest BCUT2D eigenvalue weighted by atomic mass is 16.5. The summed E-state index contributed by atoms with van der Waals surface area (Å²) in [4.78, 5) is 11.9. The lowest BCUT2D eigenvalue weighted by Crippen LogP contribution is -2.43. The molecule has 1 N–H and O–H groups in total. The summed E-state index contributed by atoms with van der Waals surface area (Å²) < 4.78 is 11.1. The monoisotopic (exact) mass is 299 g/mol. The first-order valence-electron chi connectivity index (χ1n) is 8.61. The number of hydrogen-bond donors (Lipinski definition) is 1. The van der Waals surface area contributed by atoms with Crippen molar-refractivity contribution in [3.8, 4) is 0 Å². The Morgan fingerprint density at radius 2 is 2.05 bits per heavy atom. The zero-order valence-electron chi connectivity index (χ0n) is 14.2. The summed E-state index contributed by atoms with van der Waals surface area (Å²) in [6, 6.07) is 0.00840. The molecule has 1 saturated carbocycles. The number of carbonyl (C=O) groups is 1. The standard InChI is InChI=1S/C17H33NO3/c1-5-14-8-7-9-15(12-14)21-11-10-16(18-13(3)4)17(19)20-6-2/h13-16,18H,5-12H2,1-4H3. The van der Waals surface area contributed by atoms with Crippen molar-refractivity contribution in [3.63, 3.8) is 0 Å². The summed E-state index contributed by atoms with van der Waals surface area (Å²) in [6.45, 7) is 9.24.